The Hall–Kier alpha value is -3.14. The molecule has 4 rings (SSSR count). The highest BCUT2D eigenvalue weighted by molar-refractivity contribution is 5.74. The van der Waals surface area contributed by atoms with Crippen LogP contribution in [0.3, 0.4) is 0 Å². The van der Waals surface area contributed by atoms with Crippen molar-refractivity contribution >= 4 is 17.0 Å². The van der Waals surface area contributed by atoms with E-state index in [4.69, 9.17) is 4.42 Å². The van der Waals surface area contributed by atoms with Crippen molar-refractivity contribution in [1.29, 1.82) is 0 Å². The van der Waals surface area contributed by atoms with Crippen LogP contribution in [0, 0.1) is 0 Å². The zero-order valence-corrected chi connectivity index (χ0v) is 12.4. The van der Waals surface area contributed by atoms with Gasteiger partial charge in [0.15, 0.2) is 0 Å². The van der Waals surface area contributed by atoms with Crippen LogP contribution in [0.5, 0.6) is 0 Å². The van der Waals surface area contributed by atoms with Gasteiger partial charge in [0.25, 0.3) is 0 Å². The first kappa shape index (κ1) is 13.5. The van der Waals surface area contributed by atoms with E-state index >= 15 is 0 Å². The maximum Gasteiger partial charge on any atom is 0.249 e. The summed E-state index contributed by atoms with van der Waals surface area (Å²) in [5.41, 5.74) is 3.46. The van der Waals surface area contributed by atoms with E-state index in [1.54, 1.807) is 0 Å². The standard InChI is InChI=1S/C19H15N3O/c1-3-7-14(8-4-1)13-20-17-12-11-16-19(22-17)23-18(21-16)15-9-5-2-6-10-15/h1-12H,13H2,(H,20,22). The van der Waals surface area contributed by atoms with Crippen LogP contribution in [0.4, 0.5) is 5.82 Å². The van der Waals surface area contributed by atoms with Gasteiger partial charge in [0, 0.05) is 12.1 Å². The van der Waals surface area contributed by atoms with E-state index in [9.17, 15) is 0 Å². The largest absolute Gasteiger partial charge is 0.418 e. The van der Waals surface area contributed by atoms with Gasteiger partial charge in [-0.2, -0.15) is 4.98 Å². The topological polar surface area (TPSA) is 51.0 Å². The Morgan fingerprint density at radius 1 is 0.783 bits per heavy atom. The molecule has 0 spiro atoms. The Morgan fingerprint density at radius 3 is 2.30 bits per heavy atom. The highest BCUT2D eigenvalue weighted by atomic mass is 16.4. The van der Waals surface area contributed by atoms with Gasteiger partial charge in [0.1, 0.15) is 11.3 Å². The van der Waals surface area contributed by atoms with E-state index in [0.717, 1.165) is 23.4 Å². The number of hydrogen-bond acceptors (Lipinski definition) is 4. The molecule has 23 heavy (non-hydrogen) atoms. The number of rotatable bonds is 4. The molecule has 0 aliphatic rings. The van der Waals surface area contributed by atoms with Gasteiger partial charge >= 0.3 is 0 Å². The Labute approximate surface area is 133 Å². The Kier molecular flexibility index (Phi) is 3.48. The second-order valence-electron chi connectivity index (χ2n) is 5.24. The average Bonchev–Trinajstić information content (AvgIpc) is 3.05. The molecule has 1 N–H and O–H groups in total. The molecule has 4 aromatic rings. The van der Waals surface area contributed by atoms with Crippen LogP contribution in [0.25, 0.3) is 22.7 Å². The van der Waals surface area contributed by atoms with E-state index in [1.807, 2.05) is 60.7 Å². The van der Waals surface area contributed by atoms with Crippen LogP contribution in [0.15, 0.2) is 77.2 Å². The second kappa shape index (κ2) is 5.93. The zero-order valence-electron chi connectivity index (χ0n) is 12.4. The summed E-state index contributed by atoms with van der Waals surface area (Å²) in [4.78, 5) is 8.98. The number of nitrogens with zero attached hydrogens (tertiary/aromatic N) is 2. The smallest absolute Gasteiger partial charge is 0.249 e. The maximum atomic E-state index is 5.78. The van der Waals surface area contributed by atoms with Crippen LogP contribution in [0.1, 0.15) is 5.56 Å². The normalized spacial score (nSPS) is 10.8. The van der Waals surface area contributed by atoms with E-state index < -0.39 is 0 Å². The molecule has 112 valence electrons. The van der Waals surface area contributed by atoms with Crippen molar-refractivity contribution in [3.05, 3.63) is 78.4 Å². The zero-order chi connectivity index (χ0) is 15.5. The number of hydrogen-bond donors (Lipinski definition) is 1. The summed E-state index contributed by atoms with van der Waals surface area (Å²) in [5, 5.41) is 3.30. The van der Waals surface area contributed by atoms with Crippen LogP contribution in [-0.4, -0.2) is 9.97 Å². The summed E-state index contributed by atoms with van der Waals surface area (Å²) in [6, 6.07) is 23.9. The fraction of sp³-hybridized carbons (Fsp3) is 0.0526. The van der Waals surface area contributed by atoms with Gasteiger partial charge in [-0.1, -0.05) is 48.5 Å². The minimum Gasteiger partial charge on any atom is -0.418 e. The third-order valence-electron chi connectivity index (χ3n) is 3.59. The molecule has 0 saturated carbocycles. The first-order valence-corrected chi connectivity index (χ1v) is 7.49. The van der Waals surface area contributed by atoms with Crippen LogP contribution in [-0.2, 0) is 6.54 Å². The SMILES string of the molecule is c1ccc(CNc2ccc3nc(-c4ccccc4)oc3n2)cc1. The highest BCUT2D eigenvalue weighted by Gasteiger charge is 2.09. The van der Waals surface area contributed by atoms with Gasteiger partial charge in [-0.15, -0.1) is 0 Å². The monoisotopic (exact) mass is 301 g/mol. The predicted octanol–water partition coefficient (Wildman–Crippen LogP) is 4.50. The van der Waals surface area contributed by atoms with Gasteiger partial charge in [-0.05, 0) is 29.8 Å². The van der Waals surface area contributed by atoms with Crippen LogP contribution < -0.4 is 5.32 Å². The van der Waals surface area contributed by atoms with Crippen molar-refractivity contribution in [2.24, 2.45) is 0 Å². The van der Waals surface area contributed by atoms with Gasteiger partial charge in [0.05, 0.1) is 0 Å². The van der Waals surface area contributed by atoms with Gasteiger partial charge in [-0.3, -0.25) is 0 Å². The molecule has 0 atom stereocenters. The lowest BCUT2D eigenvalue weighted by Gasteiger charge is -2.04. The number of aromatic nitrogens is 2. The molecule has 0 amide bonds. The number of pyridine rings is 1. The lowest BCUT2D eigenvalue weighted by atomic mass is 10.2. The van der Waals surface area contributed by atoms with Gasteiger partial charge in [-0.25, -0.2) is 4.98 Å². The average molecular weight is 301 g/mol. The molecule has 2 heterocycles. The third-order valence-corrected chi connectivity index (χ3v) is 3.59. The molecular formula is C19H15N3O. The number of nitrogens with one attached hydrogen (secondary N) is 1. The molecule has 0 unspecified atom stereocenters. The minimum atomic E-state index is 0.543. The third kappa shape index (κ3) is 2.92. The van der Waals surface area contributed by atoms with Crippen molar-refractivity contribution in [3.63, 3.8) is 0 Å². The Morgan fingerprint density at radius 2 is 1.52 bits per heavy atom. The summed E-state index contributed by atoms with van der Waals surface area (Å²) in [7, 11) is 0. The predicted molar refractivity (Wildman–Crippen MR) is 91.0 cm³/mol. The van der Waals surface area contributed by atoms with Crippen molar-refractivity contribution in [2.75, 3.05) is 5.32 Å². The van der Waals surface area contributed by atoms with Crippen molar-refractivity contribution in [3.8, 4) is 11.5 Å². The Bertz CT molecular complexity index is 917. The quantitative estimate of drug-likeness (QED) is 0.603. The van der Waals surface area contributed by atoms with Crippen molar-refractivity contribution < 1.29 is 4.42 Å². The minimum absolute atomic E-state index is 0.543. The molecule has 0 radical (unpaired) electrons. The molecule has 2 aromatic heterocycles. The molecule has 4 nitrogen and oxygen atoms in total. The van der Waals surface area contributed by atoms with Crippen LogP contribution in [0.2, 0.25) is 0 Å². The molecule has 4 heteroatoms. The lowest BCUT2D eigenvalue weighted by Crippen LogP contribution is -2.00. The summed E-state index contributed by atoms with van der Waals surface area (Å²) >= 11 is 0. The fourth-order valence-electron chi connectivity index (χ4n) is 2.41. The Balaban J connectivity index is 1.58. The van der Waals surface area contributed by atoms with Gasteiger partial charge in [0.2, 0.25) is 11.6 Å². The summed E-state index contributed by atoms with van der Waals surface area (Å²) in [6.07, 6.45) is 0. The maximum absolute atomic E-state index is 5.78. The molecule has 0 bridgehead atoms. The van der Waals surface area contributed by atoms with Gasteiger partial charge < -0.3 is 9.73 Å². The molecule has 0 aliphatic heterocycles. The first-order chi connectivity index (χ1) is 11.4. The molecule has 0 aliphatic carbocycles. The van der Waals surface area contributed by atoms with E-state index in [-0.39, 0.29) is 0 Å². The molecule has 0 saturated heterocycles. The number of fused-ring (bicyclic) bond motifs is 1. The van der Waals surface area contributed by atoms with Crippen LogP contribution >= 0.6 is 0 Å². The molecular weight excluding hydrogens is 286 g/mol. The molecule has 0 fully saturated rings. The summed E-state index contributed by atoms with van der Waals surface area (Å²) in [5.74, 6) is 1.37. The highest BCUT2D eigenvalue weighted by Crippen LogP contribution is 2.24. The van der Waals surface area contributed by atoms with E-state index in [1.165, 1.54) is 5.56 Å². The number of benzene rings is 2. The first-order valence-electron chi connectivity index (χ1n) is 7.49. The summed E-state index contributed by atoms with van der Waals surface area (Å²) < 4.78 is 5.78. The second-order valence-corrected chi connectivity index (χ2v) is 5.24. The van der Waals surface area contributed by atoms with Crippen molar-refractivity contribution in [2.45, 2.75) is 6.54 Å². The van der Waals surface area contributed by atoms with E-state index in [2.05, 4.69) is 27.4 Å². The molecule has 2 aromatic carbocycles. The number of anilines is 1. The fourth-order valence-corrected chi connectivity index (χ4v) is 2.41. The number of oxazole rings is 1. The van der Waals surface area contributed by atoms with Crippen molar-refractivity contribution in [1.82, 2.24) is 9.97 Å². The lowest BCUT2D eigenvalue weighted by molar-refractivity contribution is 0.608. The summed E-state index contributed by atoms with van der Waals surface area (Å²) in [6.45, 7) is 0.721. The van der Waals surface area contributed by atoms with E-state index in [0.29, 0.717) is 11.6 Å².